The van der Waals surface area contributed by atoms with Crippen molar-refractivity contribution in [1.82, 2.24) is 16.0 Å². The molecule has 2 aromatic carbocycles. The summed E-state index contributed by atoms with van der Waals surface area (Å²) in [7, 11) is 0. The van der Waals surface area contributed by atoms with E-state index in [0.717, 1.165) is 22.9 Å². The van der Waals surface area contributed by atoms with Crippen LogP contribution in [0, 0.1) is 5.92 Å². The van der Waals surface area contributed by atoms with Gasteiger partial charge in [-0.25, -0.2) is 0 Å². The Hall–Kier alpha value is -3.92. The highest BCUT2D eigenvalue weighted by atomic mass is 32.2. The molecule has 4 N–H and O–H groups in total. The van der Waals surface area contributed by atoms with Gasteiger partial charge in [-0.3, -0.25) is 24.0 Å². The Labute approximate surface area is 219 Å². The second kappa shape index (κ2) is 11.9. The highest BCUT2D eigenvalue weighted by molar-refractivity contribution is 8.05. The monoisotopic (exact) mass is 523 g/mol. The number of aliphatic carboxylic acids is 1. The Morgan fingerprint density at radius 3 is 2.38 bits per heavy atom. The van der Waals surface area contributed by atoms with Gasteiger partial charge in [-0.05, 0) is 48.2 Å². The van der Waals surface area contributed by atoms with Crippen molar-refractivity contribution in [1.29, 1.82) is 0 Å². The summed E-state index contributed by atoms with van der Waals surface area (Å²) in [6.07, 6.45) is 1.72. The van der Waals surface area contributed by atoms with Crippen molar-refractivity contribution in [3.63, 3.8) is 0 Å². The van der Waals surface area contributed by atoms with Crippen molar-refractivity contribution >= 4 is 47.3 Å². The van der Waals surface area contributed by atoms with Crippen molar-refractivity contribution in [2.75, 3.05) is 0 Å². The minimum Gasteiger partial charge on any atom is -0.480 e. The van der Waals surface area contributed by atoms with Crippen LogP contribution in [-0.4, -0.2) is 46.7 Å². The lowest BCUT2D eigenvalue weighted by molar-refractivity contribution is -0.138. The van der Waals surface area contributed by atoms with Crippen LogP contribution in [0.15, 0.2) is 52.3 Å². The predicted molar refractivity (Wildman–Crippen MR) is 140 cm³/mol. The molecule has 0 bridgehead atoms. The fourth-order valence-corrected chi connectivity index (χ4v) is 4.88. The van der Waals surface area contributed by atoms with E-state index < -0.39 is 24.0 Å². The van der Waals surface area contributed by atoms with E-state index >= 15 is 0 Å². The first-order valence-electron chi connectivity index (χ1n) is 11.7. The zero-order valence-corrected chi connectivity index (χ0v) is 21.8. The lowest BCUT2D eigenvalue weighted by atomic mass is 10.0. The average molecular weight is 524 g/mol. The van der Waals surface area contributed by atoms with Crippen LogP contribution in [-0.2, 0) is 20.9 Å². The molecule has 0 aliphatic carbocycles. The van der Waals surface area contributed by atoms with Crippen LogP contribution >= 0.6 is 11.8 Å². The number of thioether (sulfide) groups is 1. The standard InChI is InChI=1S/C27H29N3O6S/c1-14(2)22(30-16(4)31)26(34)28-13-18-8-5-7-17(11-18)12-21-23(32)19-9-6-10-20(24(19)37-21)25(33)29-15(3)27(35)36/h5-12,14-15,22H,13H2,1-4H3,(H,28,34)(H,29,33)(H,30,31)(H,35,36)/b21-12+/t15-,22-/m0/s1. The fourth-order valence-electron chi connectivity index (χ4n) is 3.72. The predicted octanol–water partition coefficient (Wildman–Crippen LogP) is 3.00. The van der Waals surface area contributed by atoms with E-state index in [4.69, 9.17) is 5.11 Å². The van der Waals surface area contributed by atoms with E-state index in [1.807, 2.05) is 38.1 Å². The first-order chi connectivity index (χ1) is 17.5. The minimum absolute atomic E-state index is 0.0775. The zero-order valence-electron chi connectivity index (χ0n) is 21.0. The number of fused-ring (bicyclic) bond motifs is 1. The first-order valence-corrected chi connectivity index (χ1v) is 12.5. The number of rotatable bonds is 9. The Kier molecular flexibility index (Phi) is 8.88. The van der Waals surface area contributed by atoms with Gasteiger partial charge in [0.25, 0.3) is 5.91 Å². The first kappa shape index (κ1) is 27.7. The van der Waals surface area contributed by atoms with Gasteiger partial charge in [-0.15, -0.1) is 0 Å². The normalized spacial score (nSPS) is 15.2. The summed E-state index contributed by atoms with van der Waals surface area (Å²) < 4.78 is 0. The number of Topliss-reactive ketones (excluding diaryl/α,β-unsaturated/α-hetero) is 1. The smallest absolute Gasteiger partial charge is 0.325 e. The number of benzene rings is 2. The number of carbonyl (C=O) groups excluding carboxylic acids is 4. The number of amides is 3. The highest BCUT2D eigenvalue weighted by Gasteiger charge is 2.30. The van der Waals surface area contributed by atoms with Crippen LogP contribution in [0.2, 0.25) is 0 Å². The second-order valence-electron chi connectivity index (χ2n) is 9.04. The van der Waals surface area contributed by atoms with Gasteiger partial charge in [-0.1, -0.05) is 49.9 Å². The molecule has 3 rings (SSSR count). The number of ketones is 1. The maximum atomic E-state index is 13.0. The molecule has 10 heteroatoms. The highest BCUT2D eigenvalue weighted by Crippen LogP contribution is 2.43. The van der Waals surface area contributed by atoms with E-state index in [1.165, 1.54) is 13.8 Å². The van der Waals surface area contributed by atoms with Crippen molar-refractivity contribution < 1.29 is 29.1 Å². The van der Waals surface area contributed by atoms with E-state index in [9.17, 15) is 24.0 Å². The number of hydrogen-bond acceptors (Lipinski definition) is 6. The third-order valence-corrected chi connectivity index (χ3v) is 6.85. The molecule has 0 fully saturated rings. The molecule has 1 aliphatic rings. The number of carboxylic acids is 1. The van der Waals surface area contributed by atoms with Crippen molar-refractivity contribution in [3.8, 4) is 0 Å². The number of carbonyl (C=O) groups is 5. The largest absolute Gasteiger partial charge is 0.480 e. The SMILES string of the molecule is CC(=O)N[C@H](C(=O)NCc1cccc(/C=C2/Sc3c(C(=O)N[C@@H](C)C(=O)O)cccc3C2=O)c1)C(C)C. The molecule has 2 atom stereocenters. The third-order valence-electron chi connectivity index (χ3n) is 5.68. The molecule has 0 saturated carbocycles. The van der Waals surface area contributed by atoms with Gasteiger partial charge in [0, 0.05) is 23.9 Å². The fraction of sp³-hybridized carbons (Fsp3) is 0.296. The minimum atomic E-state index is -1.16. The number of hydrogen-bond donors (Lipinski definition) is 4. The molecule has 9 nitrogen and oxygen atoms in total. The summed E-state index contributed by atoms with van der Waals surface area (Å²) in [6.45, 7) is 6.68. The summed E-state index contributed by atoms with van der Waals surface area (Å²) in [4.78, 5) is 61.6. The Morgan fingerprint density at radius 2 is 1.73 bits per heavy atom. The van der Waals surface area contributed by atoms with Gasteiger partial charge in [-0.2, -0.15) is 0 Å². The van der Waals surface area contributed by atoms with Crippen LogP contribution in [0.1, 0.15) is 59.5 Å². The van der Waals surface area contributed by atoms with Gasteiger partial charge in [0.05, 0.1) is 10.5 Å². The zero-order chi connectivity index (χ0) is 27.3. The van der Waals surface area contributed by atoms with E-state index in [1.54, 1.807) is 24.3 Å². The maximum Gasteiger partial charge on any atom is 0.325 e. The van der Waals surface area contributed by atoms with Crippen molar-refractivity contribution in [2.24, 2.45) is 5.92 Å². The molecule has 0 aromatic heterocycles. The molecule has 0 saturated heterocycles. The summed E-state index contributed by atoms with van der Waals surface area (Å²) in [5.41, 5.74) is 2.17. The molecule has 1 aliphatic heterocycles. The number of allylic oxidation sites excluding steroid dienone is 1. The van der Waals surface area contributed by atoms with Crippen LogP contribution in [0.3, 0.4) is 0 Å². The lowest BCUT2D eigenvalue weighted by Crippen LogP contribution is -2.48. The second-order valence-corrected chi connectivity index (χ2v) is 10.1. The molecular formula is C27H29N3O6S. The van der Waals surface area contributed by atoms with Gasteiger partial charge in [0.1, 0.15) is 12.1 Å². The molecular weight excluding hydrogens is 494 g/mol. The maximum absolute atomic E-state index is 13.0. The molecule has 194 valence electrons. The molecule has 0 unspecified atom stereocenters. The van der Waals surface area contributed by atoms with Gasteiger partial charge in [0.2, 0.25) is 17.6 Å². The molecule has 0 spiro atoms. The van der Waals surface area contributed by atoms with E-state index in [0.29, 0.717) is 15.4 Å². The number of carboxylic acid groups (broad SMARTS) is 1. The Morgan fingerprint density at radius 1 is 1.03 bits per heavy atom. The van der Waals surface area contributed by atoms with Crippen LogP contribution in [0.4, 0.5) is 0 Å². The molecule has 3 amide bonds. The molecule has 0 radical (unpaired) electrons. The van der Waals surface area contributed by atoms with Crippen LogP contribution < -0.4 is 16.0 Å². The van der Waals surface area contributed by atoms with E-state index in [2.05, 4.69) is 16.0 Å². The topological polar surface area (TPSA) is 142 Å². The lowest BCUT2D eigenvalue weighted by Gasteiger charge is -2.21. The summed E-state index contributed by atoms with van der Waals surface area (Å²) in [6, 6.07) is 10.4. The van der Waals surface area contributed by atoms with Crippen molar-refractivity contribution in [2.45, 2.75) is 51.2 Å². The molecule has 2 aromatic rings. The Bertz CT molecular complexity index is 1290. The quantitative estimate of drug-likeness (QED) is 0.370. The van der Waals surface area contributed by atoms with Gasteiger partial charge < -0.3 is 21.1 Å². The average Bonchev–Trinajstić information content (AvgIpc) is 3.15. The summed E-state index contributed by atoms with van der Waals surface area (Å²) >= 11 is 1.16. The summed E-state index contributed by atoms with van der Waals surface area (Å²) in [5.74, 6) is -2.59. The van der Waals surface area contributed by atoms with Gasteiger partial charge in [0.15, 0.2) is 0 Å². The summed E-state index contributed by atoms with van der Waals surface area (Å²) in [5, 5.41) is 17.0. The van der Waals surface area contributed by atoms with E-state index in [-0.39, 0.29) is 35.6 Å². The third kappa shape index (κ3) is 6.85. The van der Waals surface area contributed by atoms with Crippen LogP contribution in [0.5, 0.6) is 0 Å². The Balaban J connectivity index is 1.75. The van der Waals surface area contributed by atoms with Crippen molar-refractivity contribution in [3.05, 3.63) is 69.6 Å². The van der Waals surface area contributed by atoms with Crippen LogP contribution in [0.25, 0.3) is 6.08 Å². The van der Waals surface area contributed by atoms with Gasteiger partial charge >= 0.3 is 5.97 Å². The molecule has 1 heterocycles. The molecule has 37 heavy (non-hydrogen) atoms. The number of nitrogens with one attached hydrogen (secondary N) is 3.